The Morgan fingerprint density at radius 2 is 1.67 bits per heavy atom. The molecule has 9 heavy (non-hydrogen) atoms. The van der Waals surface area contributed by atoms with Gasteiger partial charge in [0.05, 0.1) is 0 Å². The molecule has 2 rings (SSSR count). The van der Waals surface area contributed by atoms with Crippen LogP contribution >= 0.6 is 0 Å². The fourth-order valence-electron chi connectivity index (χ4n) is 0.940. The zero-order valence-corrected chi connectivity index (χ0v) is 4.52. The predicted molar refractivity (Wildman–Crippen MR) is 40.1 cm³/mol. The molecule has 0 aromatic carbocycles. The molecule has 2 N–H and O–H groups in total. The van der Waals surface area contributed by atoms with Crippen LogP contribution in [0.15, 0.2) is 18.2 Å². The van der Waals surface area contributed by atoms with Crippen molar-refractivity contribution in [3.8, 4) is 11.1 Å². The van der Waals surface area contributed by atoms with Crippen LogP contribution in [-0.4, -0.2) is 0 Å². The van der Waals surface area contributed by atoms with Crippen molar-refractivity contribution in [2.75, 3.05) is 0 Å². The Bertz CT molecular complexity index is 208. The van der Waals surface area contributed by atoms with Crippen molar-refractivity contribution in [3.05, 3.63) is 23.8 Å². The van der Waals surface area contributed by atoms with Gasteiger partial charge in [-0.25, -0.2) is 0 Å². The van der Waals surface area contributed by atoms with Gasteiger partial charge in [-0.05, 0) is 34.9 Å². The average Bonchev–Trinajstić information content (AvgIpc) is 2.40. The Morgan fingerprint density at radius 3 is 2.00 bits per heavy atom. The van der Waals surface area contributed by atoms with Crippen molar-refractivity contribution in [2.45, 2.75) is 14.0 Å². The van der Waals surface area contributed by atoms with Crippen LogP contribution in [0.3, 0.4) is 0 Å². The van der Waals surface area contributed by atoms with Crippen LogP contribution in [0, 0.1) is 0 Å². The van der Waals surface area contributed by atoms with Gasteiger partial charge in [-0.2, -0.15) is 0 Å². The zero-order chi connectivity index (χ0) is 5.56. The molecule has 0 fully saturated rings. The lowest BCUT2D eigenvalue weighted by Crippen LogP contribution is -1.92. The van der Waals surface area contributed by atoms with Gasteiger partial charge in [0.25, 0.3) is 0 Å². The predicted octanol–water partition coefficient (Wildman–Crippen LogP) is 1.76. The van der Waals surface area contributed by atoms with Crippen LogP contribution in [0.1, 0.15) is 13.0 Å². The van der Waals surface area contributed by atoms with Gasteiger partial charge in [-0.1, -0.05) is 7.43 Å². The molecule has 0 bridgehead atoms. The zero-order valence-electron chi connectivity index (χ0n) is 4.52. The molecular weight excluding hydrogens is 110 g/mol. The summed E-state index contributed by atoms with van der Waals surface area (Å²) in [6.45, 7) is 0.681. The second-order valence-corrected chi connectivity index (χ2v) is 2.12. The van der Waals surface area contributed by atoms with Crippen molar-refractivity contribution in [3.63, 3.8) is 0 Å². The number of rotatable bonds is 1. The van der Waals surface area contributed by atoms with Gasteiger partial charge in [0.2, 0.25) is 0 Å². The smallest absolute Gasteiger partial charge is 0.0178 e. The third-order valence-electron chi connectivity index (χ3n) is 1.48. The molecule has 0 radical (unpaired) electrons. The van der Waals surface area contributed by atoms with E-state index >= 15 is 0 Å². The summed E-state index contributed by atoms with van der Waals surface area (Å²) in [5.74, 6) is 0. The van der Waals surface area contributed by atoms with Crippen molar-refractivity contribution < 1.29 is 0 Å². The van der Waals surface area contributed by atoms with Crippen LogP contribution < -0.4 is 5.73 Å². The van der Waals surface area contributed by atoms with Gasteiger partial charge in [0, 0.05) is 6.54 Å². The van der Waals surface area contributed by atoms with Crippen LogP contribution in [0.4, 0.5) is 0 Å². The molecule has 2 aliphatic rings. The monoisotopic (exact) mass is 121 g/mol. The average molecular weight is 121 g/mol. The number of hydrogen-bond donors (Lipinski definition) is 1. The van der Waals surface area contributed by atoms with Crippen LogP contribution in [-0.2, 0) is 6.54 Å². The lowest BCUT2D eigenvalue weighted by atomic mass is 10.3. The van der Waals surface area contributed by atoms with E-state index in [9.17, 15) is 0 Å². The summed E-state index contributed by atoms with van der Waals surface area (Å²) in [6, 6.07) is 6.42. The second kappa shape index (κ2) is 1.85. The van der Waals surface area contributed by atoms with Gasteiger partial charge in [-0.15, -0.1) is 0 Å². The normalized spacial score (nSPS) is 10.3. The Labute approximate surface area is 55.5 Å². The van der Waals surface area contributed by atoms with Crippen LogP contribution in [0.2, 0.25) is 0 Å². The molecule has 0 saturated carbocycles. The molecule has 0 spiro atoms. The summed E-state index contributed by atoms with van der Waals surface area (Å²) in [5, 5.41) is 0. The Balaban J connectivity index is 0.000000405. The summed E-state index contributed by atoms with van der Waals surface area (Å²) in [6.07, 6.45) is 0. The summed E-state index contributed by atoms with van der Waals surface area (Å²) >= 11 is 0. The minimum absolute atomic E-state index is 0. The molecule has 0 heterocycles. The van der Waals surface area contributed by atoms with E-state index in [1.54, 1.807) is 0 Å². The highest BCUT2D eigenvalue weighted by atomic mass is 14.5. The first kappa shape index (κ1) is 6.30. The third-order valence-corrected chi connectivity index (χ3v) is 1.48. The van der Waals surface area contributed by atoms with E-state index in [1.165, 1.54) is 16.7 Å². The quantitative estimate of drug-likeness (QED) is 0.611. The highest BCUT2D eigenvalue weighted by Crippen LogP contribution is 2.35. The van der Waals surface area contributed by atoms with Crippen LogP contribution in [0.25, 0.3) is 11.1 Å². The van der Waals surface area contributed by atoms with Gasteiger partial charge in [-0.3, -0.25) is 0 Å². The molecule has 0 unspecified atom stereocenters. The molecule has 1 nitrogen and oxygen atoms in total. The summed E-state index contributed by atoms with van der Waals surface area (Å²) in [5.41, 5.74) is 9.40. The maximum atomic E-state index is 5.38. The summed E-state index contributed by atoms with van der Waals surface area (Å²) < 4.78 is 0. The van der Waals surface area contributed by atoms with E-state index in [0.29, 0.717) is 6.54 Å². The van der Waals surface area contributed by atoms with E-state index in [0.717, 1.165) is 0 Å². The number of fused-ring (bicyclic) bond motifs is 1. The van der Waals surface area contributed by atoms with Gasteiger partial charge in [0.1, 0.15) is 0 Å². The maximum absolute atomic E-state index is 5.38. The SMILES string of the molecule is C.NCc1cc2cc-2c1. The van der Waals surface area contributed by atoms with Crippen molar-refractivity contribution in [1.29, 1.82) is 0 Å². The molecule has 0 aromatic rings. The fourth-order valence-corrected chi connectivity index (χ4v) is 0.940. The van der Waals surface area contributed by atoms with Crippen LogP contribution in [0.5, 0.6) is 0 Å². The van der Waals surface area contributed by atoms with Crippen molar-refractivity contribution in [1.82, 2.24) is 0 Å². The van der Waals surface area contributed by atoms with E-state index in [-0.39, 0.29) is 7.43 Å². The Hall–Kier alpha value is -0.820. The Kier molecular flexibility index (Phi) is 1.29. The standard InChI is InChI=1S/C7H7N.CH4/c8-4-5-1-6-3-7(6)2-5;/h1-3H,4,8H2;1H4. The highest BCUT2D eigenvalue weighted by molar-refractivity contribution is 5.82. The van der Waals surface area contributed by atoms with Gasteiger partial charge < -0.3 is 5.73 Å². The second-order valence-electron chi connectivity index (χ2n) is 2.12. The molecular formula is C8H11N. The first-order valence-corrected chi connectivity index (χ1v) is 2.74. The lowest BCUT2D eigenvalue weighted by molar-refractivity contribution is 1.08. The number of nitrogens with two attached hydrogens (primary N) is 1. The summed E-state index contributed by atoms with van der Waals surface area (Å²) in [4.78, 5) is 0. The minimum atomic E-state index is 0. The molecule has 0 aromatic heterocycles. The van der Waals surface area contributed by atoms with E-state index in [1.807, 2.05) is 0 Å². The van der Waals surface area contributed by atoms with E-state index in [2.05, 4.69) is 18.2 Å². The lowest BCUT2D eigenvalue weighted by Gasteiger charge is -1.82. The largest absolute Gasteiger partial charge is 0.326 e. The number of benzene rings is 1. The molecule has 48 valence electrons. The first-order chi connectivity index (χ1) is 3.90. The molecule has 2 aliphatic carbocycles. The molecule has 1 heteroatoms. The maximum Gasteiger partial charge on any atom is 0.0178 e. The molecule has 0 amide bonds. The number of hydrogen-bond acceptors (Lipinski definition) is 1. The first-order valence-electron chi connectivity index (χ1n) is 2.74. The molecule has 0 aliphatic heterocycles. The van der Waals surface area contributed by atoms with E-state index < -0.39 is 0 Å². The summed E-state index contributed by atoms with van der Waals surface area (Å²) in [7, 11) is 0. The van der Waals surface area contributed by atoms with Crippen molar-refractivity contribution >= 4 is 0 Å². The fraction of sp³-hybridized carbons (Fsp3) is 0.250. The van der Waals surface area contributed by atoms with Gasteiger partial charge >= 0.3 is 0 Å². The van der Waals surface area contributed by atoms with Gasteiger partial charge in [0.15, 0.2) is 0 Å². The highest BCUT2D eigenvalue weighted by Gasteiger charge is 2.12. The topological polar surface area (TPSA) is 26.0 Å². The Morgan fingerprint density at radius 1 is 1.11 bits per heavy atom. The van der Waals surface area contributed by atoms with Crippen molar-refractivity contribution in [2.24, 2.45) is 5.73 Å². The molecule has 0 atom stereocenters. The minimum Gasteiger partial charge on any atom is -0.326 e. The molecule has 0 saturated heterocycles. The van der Waals surface area contributed by atoms with E-state index in [4.69, 9.17) is 5.73 Å². The third kappa shape index (κ3) is 0.836.